The van der Waals surface area contributed by atoms with Crippen LogP contribution in [0.25, 0.3) is 11.1 Å². The van der Waals surface area contributed by atoms with Gasteiger partial charge in [0.05, 0.1) is 23.3 Å². The number of aliphatic carboxylic acids is 1. The molecule has 290 valence electrons. The monoisotopic (exact) mass is 779 g/mol. The van der Waals surface area contributed by atoms with Gasteiger partial charge >= 0.3 is 24.1 Å². The summed E-state index contributed by atoms with van der Waals surface area (Å²) in [5.74, 6) is -2.05. The highest BCUT2D eigenvalue weighted by atomic mass is 35.5. The predicted molar refractivity (Wildman–Crippen MR) is 197 cm³/mol. The van der Waals surface area contributed by atoms with Gasteiger partial charge in [0, 0.05) is 17.5 Å². The Balaban J connectivity index is 1.71. The molecule has 2 heterocycles. The topological polar surface area (TPSA) is 193 Å². The standard InChI is InChI=1S/C35H47ClN6O10S/c1-33(2,3)49-29(45)26(52-40-27(28(43)44)25-20-53-30(38-25)39-32(47)51-35(7,8)9)19-48-22-12-13-23(24(36)16-22)21-17-41(10)42(18-21)15-11-14-37-31(46)50-34(4,5)6/h12-13,16-18,20,26H,11,14-15,19H2,1-10H3,(H2-,37,38,39,43,44,46,47)/p+1. The van der Waals surface area contributed by atoms with E-state index in [0.717, 1.165) is 22.5 Å². The second-order valence-corrected chi connectivity index (χ2v) is 16.0. The zero-order chi connectivity index (χ0) is 39.7. The van der Waals surface area contributed by atoms with Crippen molar-refractivity contribution < 1.29 is 52.8 Å². The number of halogens is 1. The molecule has 0 spiro atoms. The van der Waals surface area contributed by atoms with Crippen LogP contribution in [-0.4, -0.2) is 80.7 Å². The van der Waals surface area contributed by atoms with Crippen molar-refractivity contribution in [3.63, 3.8) is 0 Å². The molecule has 1 unspecified atom stereocenters. The summed E-state index contributed by atoms with van der Waals surface area (Å²) in [7, 11) is 1.89. The summed E-state index contributed by atoms with van der Waals surface area (Å²) in [4.78, 5) is 58.7. The van der Waals surface area contributed by atoms with Crippen LogP contribution in [0.2, 0.25) is 5.02 Å². The SMILES string of the molecule is C[n+]1cc(-c2ccc(OCC(ON=C(C(=O)O)c3csc(NC(=O)OC(C)(C)C)n3)C(=O)OC(C)(C)C)cc2Cl)cn1CCCNC(=O)OC(C)(C)C. The quantitative estimate of drug-likeness (QED) is 0.0438. The Bertz CT molecular complexity index is 1800. The lowest BCUT2D eigenvalue weighted by atomic mass is 10.1. The van der Waals surface area contributed by atoms with Gasteiger partial charge in [0.25, 0.3) is 6.10 Å². The van der Waals surface area contributed by atoms with Crippen LogP contribution in [0.1, 0.15) is 74.4 Å². The molecule has 2 aromatic heterocycles. The number of thiazole rings is 1. The molecule has 0 aliphatic rings. The fourth-order valence-electron chi connectivity index (χ4n) is 4.31. The van der Waals surface area contributed by atoms with Crippen molar-refractivity contribution in [3.8, 4) is 16.9 Å². The number of nitrogens with zero attached hydrogens (tertiary/aromatic N) is 4. The van der Waals surface area contributed by atoms with Crippen molar-refractivity contribution in [2.24, 2.45) is 12.2 Å². The molecule has 0 fully saturated rings. The summed E-state index contributed by atoms with van der Waals surface area (Å²) in [5, 5.41) is 20.5. The number of oxime groups is 1. The first kappa shape index (κ1) is 42.5. The molecule has 16 nitrogen and oxygen atoms in total. The Morgan fingerprint density at radius 3 is 2.25 bits per heavy atom. The lowest BCUT2D eigenvalue weighted by Gasteiger charge is -2.23. The molecule has 1 atom stereocenters. The Hall–Kier alpha value is -4.90. The zero-order valence-electron chi connectivity index (χ0n) is 31.6. The predicted octanol–water partition coefficient (Wildman–Crippen LogP) is 5.95. The fourth-order valence-corrected chi connectivity index (χ4v) is 5.27. The maximum Gasteiger partial charge on any atom is 0.413 e. The van der Waals surface area contributed by atoms with Crippen LogP contribution in [0.15, 0.2) is 41.1 Å². The zero-order valence-corrected chi connectivity index (χ0v) is 33.1. The molecular formula is C35H48ClN6O10S+. The Labute approximate surface area is 317 Å². The number of alkyl carbamates (subject to hydrolysis) is 1. The molecule has 1 aromatic carbocycles. The molecule has 2 amide bonds. The maximum absolute atomic E-state index is 13.1. The molecule has 0 saturated heterocycles. The smallest absolute Gasteiger partial charge is 0.413 e. The van der Waals surface area contributed by atoms with E-state index in [9.17, 15) is 24.3 Å². The highest BCUT2D eigenvalue weighted by Crippen LogP contribution is 2.31. The fraction of sp³-hybridized carbons (Fsp3) is 0.514. The number of anilines is 1. The average molecular weight is 780 g/mol. The maximum atomic E-state index is 13.1. The largest absolute Gasteiger partial charge is 0.489 e. The van der Waals surface area contributed by atoms with Crippen LogP contribution in [0.4, 0.5) is 14.7 Å². The van der Waals surface area contributed by atoms with Crippen LogP contribution >= 0.6 is 22.9 Å². The van der Waals surface area contributed by atoms with Gasteiger partial charge in [-0.05, 0) is 86.9 Å². The average Bonchev–Trinajstić information content (AvgIpc) is 3.59. The second-order valence-electron chi connectivity index (χ2n) is 14.7. The van der Waals surface area contributed by atoms with Gasteiger partial charge < -0.3 is 34.2 Å². The van der Waals surface area contributed by atoms with Gasteiger partial charge in [-0.25, -0.2) is 24.2 Å². The van der Waals surface area contributed by atoms with E-state index in [1.807, 2.05) is 28.8 Å². The van der Waals surface area contributed by atoms with Crippen molar-refractivity contribution in [1.82, 2.24) is 15.0 Å². The summed E-state index contributed by atoms with van der Waals surface area (Å²) in [5.41, 5.74) is -1.42. The van der Waals surface area contributed by atoms with E-state index in [2.05, 4.69) is 20.8 Å². The van der Waals surface area contributed by atoms with Crippen molar-refractivity contribution in [2.45, 2.75) is 98.2 Å². The Kier molecular flexibility index (Phi) is 14.2. The number of amides is 2. The van der Waals surface area contributed by atoms with E-state index in [0.29, 0.717) is 30.3 Å². The number of aryl methyl sites for hydroxylation is 2. The molecule has 18 heteroatoms. The lowest BCUT2D eigenvalue weighted by molar-refractivity contribution is -0.753. The minimum absolute atomic E-state index is 0.0634. The van der Waals surface area contributed by atoms with Crippen LogP contribution in [-0.2, 0) is 42.2 Å². The minimum Gasteiger partial charge on any atom is -0.489 e. The molecule has 3 aromatic rings. The Morgan fingerprint density at radius 1 is 1.00 bits per heavy atom. The van der Waals surface area contributed by atoms with Gasteiger partial charge in [-0.2, -0.15) is 4.68 Å². The van der Waals surface area contributed by atoms with E-state index in [4.69, 9.17) is 35.4 Å². The van der Waals surface area contributed by atoms with E-state index >= 15 is 0 Å². The number of aromatic nitrogens is 3. The highest BCUT2D eigenvalue weighted by molar-refractivity contribution is 7.14. The molecule has 0 radical (unpaired) electrons. The number of benzene rings is 1. The number of hydrogen-bond acceptors (Lipinski definition) is 12. The van der Waals surface area contributed by atoms with Gasteiger partial charge in [0.1, 0.15) is 34.9 Å². The van der Waals surface area contributed by atoms with Gasteiger partial charge in [0.15, 0.2) is 12.2 Å². The molecule has 53 heavy (non-hydrogen) atoms. The number of carbonyl (C=O) groups is 4. The molecule has 3 rings (SSSR count). The first-order valence-corrected chi connectivity index (χ1v) is 17.9. The summed E-state index contributed by atoms with van der Waals surface area (Å²) in [6.45, 7) is 16.1. The number of carbonyl (C=O) groups excluding carboxylic acids is 3. The number of rotatable bonds is 14. The van der Waals surface area contributed by atoms with Crippen molar-refractivity contribution >= 4 is 57.9 Å². The highest BCUT2D eigenvalue weighted by Gasteiger charge is 2.30. The number of carboxylic acids is 1. The third-order valence-electron chi connectivity index (χ3n) is 6.40. The summed E-state index contributed by atoms with van der Waals surface area (Å²) < 4.78 is 25.7. The van der Waals surface area contributed by atoms with Crippen molar-refractivity contribution in [2.75, 3.05) is 18.5 Å². The number of ether oxygens (including phenoxy) is 4. The van der Waals surface area contributed by atoms with Crippen LogP contribution < -0.4 is 20.1 Å². The molecule has 3 N–H and O–H groups in total. The number of nitrogens with one attached hydrogen (secondary N) is 2. The molecule has 0 aliphatic carbocycles. The van der Waals surface area contributed by atoms with E-state index in [1.54, 1.807) is 80.5 Å². The molecule has 0 saturated carbocycles. The van der Waals surface area contributed by atoms with Crippen LogP contribution in [0.3, 0.4) is 0 Å². The van der Waals surface area contributed by atoms with Crippen molar-refractivity contribution in [3.05, 3.63) is 46.7 Å². The lowest BCUT2D eigenvalue weighted by Crippen LogP contribution is -2.39. The van der Waals surface area contributed by atoms with Crippen LogP contribution in [0, 0.1) is 0 Å². The van der Waals surface area contributed by atoms with E-state index < -0.39 is 59.4 Å². The summed E-state index contributed by atoms with van der Waals surface area (Å²) in [6.07, 6.45) is 1.78. The first-order chi connectivity index (χ1) is 24.5. The summed E-state index contributed by atoms with van der Waals surface area (Å²) >= 11 is 7.61. The van der Waals surface area contributed by atoms with Gasteiger partial charge in [0.2, 0.25) is 11.9 Å². The Morgan fingerprint density at radius 2 is 1.64 bits per heavy atom. The minimum atomic E-state index is -1.50. The molecular weight excluding hydrogens is 732 g/mol. The molecule has 0 aliphatic heterocycles. The third-order valence-corrected chi connectivity index (χ3v) is 7.47. The number of carboxylic acid groups (broad SMARTS) is 1. The normalized spacial score (nSPS) is 12.8. The van der Waals surface area contributed by atoms with Gasteiger partial charge in [-0.3, -0.25) is 5.32 Å². The van der Waals surface area contributed by atoms with E-state index in [1.165, 1.54) is 5.38 Å². The second kappa shape index (κ2) is 17.7. The summed E-state index contributed by atoms with van der Waals surface area (Å²) in [6, 6.07) is 5.00. The van der Waals surface area contributed by atoms with Gasteiger partial charge in [-0.1, -0.05) is 16.8 Å². The van der Waals surface area contributed by atoms with E-state index in [-0.39, 0.29) is 10.8 Å². The first-order valence-electron chi connectivity index (χ1n) is 16.6. The van der Waals surface area contributed by atoms with Gasteiger partial charge in [-0.15, -0.1) is 16.0 Å². The third kappa shape index (κ3) is 14.6. The number of esters is 1. The van der Waals surface area contributed by atoms with Crippen LogP contribution in [0.5, 0.6) is 5.75 Å². The molecule has 0 bridgehead atoms. The van der Waals surface area contributed by atoms with Crippen molar-refractivity contribution in [1.29, 1.82) is 0 Å². The number of hydrogen-bond donors (Lipinski definition) is 3.